The fourth-order valence-electron chi connectivity index (χ4n) is 1.97. The van der Waals surface area contributed by atoms with Crippen LogP contribution in [0, 0.1) is 17.6 Å². The van der Waals surface area contributed by atoms with Crippen molar-refractivity contribution in [3.05, 3.63) is 35.4 Å². The maximum absolute atomic E-state index is 13.5. The molecule has 2 rings (SSSR count). The molecule has 0 unspecified atom stereocenters. The predicted octanol–water partition coefficient (Wildman–Crippen LogP) is 2.88. The van der Waals surface area contributed by atoms with Crippen LogP contribution in [0.1, 0.15) is 30.1 Å². The van der Waals surface area contributed by atoms with Crippen LogP contribution in [0.5, 0.6) is 0 Å². The topological polar surface area (TPSA) is 20.3 Å². The minimum atomic E-state index is -0.775. The molecule has 98 valence electrons. The van der Waals surface area contributed by atoms with E-state index in [-0.39, 0.29) is 17.9 Å². The summed E-state index contributed by atoms with van der Waals surface area (Å²) in [5.74, 6) is -1.03. The summed E-state index contributed by atoms with van der Waals surface area (Å²) < 4.78 is 26.2. The van der Waals surface area contributed by atoms with E-state index in [0.29, 0.717) is 5.92 Å². The Bertz CT molecular complexity index is 443. The van der Waals surface area contributed by atoms with E-state index in [2.05, 4.69) is 0 Å². The van der Waals surface area contributed by atoms with Gasteiger partial charge in [0.05, 0.1) is 12.1 Å². The van der Waals surface area contributed by atoms with E-state index in [0.717, 1.165) is 25.2 Å². The van der Waals surface area contributed by atoms with Crippen molar-refractivity contribution >= 4 is 5.78 Å². The highest BCUT2D eigenvalue weighted by Gasteiger charge is 2.25. The van der Waals surface area contributed by atoms with Crippen molar-refractivity contribution in [2.75, 3.05) is 19.6 Å². The molecule has 4 heteroatoms. The van der Waals surface area contributed by atoms with Gasteiger partial charge in [-0.15, -0.1) is 0 Å². The van der Waals surface area contributed by atoms with E-state index in [1.54, 1.807) is 0 Å². The molecule has 1 aliphatic rings. The molecule has 0 aliphatic heterocycles. The van der Waals surface area contributed by atoms with Gasteiger partial charge in [0.25, 0.3) is 0 Å². The Morgan fingerprint density at radius 3 is 2.67 bits per heavy atom. The molecular weight excluding hydrogens is 236 g/mol. The van der Waals surface area contributed by atoms with E-state index < -0.39 is 11.6 Å². The minimum Gasteiger partial charge on any atom is -0.296 e. The van der Waals surface area contributed by atoms with Crippen molar-refractivity contribution in [3.8, 4) is 0 Å². The van der Waals surface area contributed by atoms with Crippen molar-refractivity contribution in [1.29, 1.82) is 0 Å². The molecule has 0 atom stereocenters. The van der Waals surface area contributed by atoms with Crippen molar-refractivity contribution in [2.45, 2.75) is 19.8 Å². The Morgan fingerprint density at radius 2 is 2.11 bits per heavy atom. The molecule has 2 nitrogen and oxygen atoms in total. The number of benzene rings is 1. The number of nitrogens with zero attached hydrogens (tertiary/aromatic N) is 1. The Morgan fingerprint density at radius 1 is 1.39 bits per heavy atom. The molecule has 0 radical (unpaired) electrons. The standard InChI is InChI=1S/C14H17F2NO/c1-2-17(8-10-3-4-10)9-14(18)12-6-5-11(15)7-13(12)16/h5-7,10H,2-4,8-9H2,1H3. The van der Waals surface area contributed by atoms with Crippen LogP contribution in [-0.4, -0.2) is 30.3 Å². The van der Waals surface area contributed by atoms with Gasteiger partial charge in [0, 0.05) is 12.6 Å². The number of rotatable bonds is 6. The van der Waals surface area contributed by atoms with Crippen LogP contribution >= 0.6 is 0 Å². The first-order valence-corrected chi connectivity index (χ1v) is 6.30. The molecule has 0 aromatic heterocycles. The maximum Gasteiger partial charge on any atom is 0.179 e. The summed E-state index contributed by atoms with van der Waals surface area (Å²) in [6.07, 6.45) is 2.44. The van der Waals surface area contributed by atoms with Crippen molar-refractivity contribution in [3.63, 3.8) is 0 Å². The fourth-order valence-corrected chi connectivity index (χ4v) is 1.97. The highest BCUT2D eigenvalue weighted by molar-refractivity contribution is 5.97. The summed E-state index contributed by atoms with van der Waals surface area (Å²) in [5, 5.41) is 0. The summed E-state index contributed by atoms with van der Waals surface area (Å²) in [5.41, 5.74) is -0.0225. The SMILES string of the molecule is CCN(CC(=O)c1ccc(F)cc1F)CC1CC1. The normalized spacial score (nSPS) is 15.1. The molecule has 0 heterocycles. The van der Waals surface area contributed by atoms with E-state index in [4.69, 9.17) is 0 Å². The molecule has 0 N–H and O–H groups in total. The molecule has 1 fully saturated rings. The first kappa shape index (κ1) is 13.1. The molecule has 1 aromatic carbocycles. The third-order valence-corrected chi connectivity index (χ3v) is 3.26. The second-order valence-corrected chi connectivity index (χ2v) is 4.82. The lowest BCUT2D eigenvalue weighted by Gasteiger charge is -2.19. The number of hydrogen-bond acceptors (Lipinski definition) is 2. The van der Waals surface area contributed by atoms with Crippen molar-refractivity contribution < 1.29 is 13.6 Å². The zero-order chi connectivity index (χ0) is 13.1. The third kappa shape index (κ3) is 3.35. The number of likely N-dealkylation sites (N-methyl/N-ethyl adjacent to an activating group) is 1. The highest BCUT2D eigenvalue weighted by atomic mass is 19.1. The summed E-state index contributed by atoms with van der Waals surface area (Å²) >= 11 is 0. The zero-order valence-corrected chi connectivity index (χ0v) is 10.5. The summed E-state index contributed by atoms with van der Waals surface area (Å²) in [6, 6.07) is 3.09. The van der Waals surface area contributed by atoms with Crippen LogP contribution in [0.2, 0.25) is 0 Å². The average Bonchev–Trinajstić information content (AvgIpc) is 3.11. The van der Waals surface area contributed by atoms with Crippen LogP contribution in [0.4, 0.5) is 8.78 Å². The molecule has 1 aromatic rings. The largest absolute Gasteiger partial charge is 0.296 e. The third-order valence-electron chi connectivity index (χ3n) is 3.26. The lowest BCUT2D eigenvalue weighted by atomic mass is 10.1. The van der Waals surface area contributed by atoms with Crippen LogP contribution in [0.25, 0.3) is 0 Å². The number of carbonyl (C=O) groups excluding carboxylic acids is 1. The summed E-state index contributed by atoms with van der Waals surface area (Å²) in [7, 11) is 0. The average molecular weight is 253 g/mol. The first-order valence-electron chi connectivity index (χ1n) is 6.30. The van der Waals surface area contributed by atoms with Gasteiger partial charge < -0.3 is 0 Å². The van der Waals surface area contributed by atoms with E-state index in [1.807, 2.05) is 11.8 Å². The van der Waals surface area contributed by atoms with E-state index >= 15 is 0 Å². The lowest BCUT2D eigenvalue weighted by molar-refractivity contribution is 0.0927. The van der Waals surface area contributed by atoms with Crippen LogP contribution in [0.3, 0.4) is 0 Å². The highest BCUT2D eigenvalue weighted by Crippen LogP contribution is 2.29. The molecule has 0 bridgehead atoms. The Balaban J connectivity index is 2.00. The van der Waals surface area contributed by atoms with Crippen LogP contribution < -0.4 is 0 Å². The summed E-state index contributed by atoms with van der Waals surface area (Å²) in [4.78, 5) is 14.0. The number of halogens is 2. The molecular formula is C14H17F2NO. The molecule has 18 heavy (non-hydrogen) atoms. The summed E-state index contributed by atoms with van der Waals surface area (Å²) in [6.45, 7) is 3.85. The molecule has 0 amide bonds. The van der Waals surface area contributed by atoms with Crippen LogP contribution in [0.15, 0.2) is 18.2 Å². The van der Waals surface area contributed by atoms with Gasteiger partial charge in [-0.2, -0.15) is 0 Å². The monoisotopic (exact) mass is 253 g/mol. The second kappa shape index (κ2) is 5.57. The van der Waals surface area contributed by atoms with Gasteiger partial charge in [0.2, 0.25) is 0 Å². The minimum absolute atomic E-state index is 0.0225. The molecule has 1 saturated carbocycles. The Labute approximate surface area is 106 Å². The maximum atomic E-state index is 13.5. The number of hydrogen-bond donors (Lipinski definition) is 0. The lowest BCUT2D eigenvalue weighted by Crippen LogP contribution is -2.32. The van der Waals surface area contributed by atoms with Crippen molar-refractivity contribution in [2.24, 2.45) is 5.92 Å². The number of ketones is 1. The van der Waals surface area contributed by atoms with E-state index in [1.165, 1.54) is 18.9 Å². The van der Waals surface area contributed by atoms with Gasteiger partial charge in [-0.3, -0.25) is 9.69 Å². The molecule has 0 saturated heterocycles. The fraction of sp³-hybridized carbons (Fsp3) is 0.500. The zero-order valence-electron chi connectivity index (χ0n) is 10.5. The second-order valence-electron chi connectivity index (χ2n) is 4.82. The van der Waals surface area contributed by atoms with Gasteiger partial charge in [0.15, 0.2) is 5.78 Å². The molecule has 0 spiro atoms. The van der Waals surface area contributed by atoms with Gasteiger partial charge >= 0.3 is 0 Å². The van der Waals surface area contributed by atoms with Gasteiger partial charge in [-0.1, -0.05) is 6.92 Å². The Hall–Kier alpha value is -1.29. The van der Waals surface area contributed by atoms with E-state index in [9.17, 15) is 13.6 Å². The van der Waals surface area contributed by atoms with Gasteiger partial charge in [-0.05, 0) is 37.4 Å². The van der Waals surface area contributed by atoms with Crippen LogP contribution in [-0.2, 0) is 0 Å². The van der Waals surface area contributed by atoms with Gasteiger partial charge in [-0.25, -0.2) is 8.78 Å². The van der Waals surface area contributed by atoms with Gasteiger partial charge in [0.1, 0.15) is 11.6 Å². The quantitative estimate of drug-likeness (QED) is 0.727. The number of carbonyl (C=O) groups is 1. The smallest absolute Gasteiger partial charge is 0.179 e. The molecule has 1 aliphatic carbocycles. The Kier molecular flexibility index (Phi) is 4.07. The number of Topliss-reactive ketones (excluding diaryl/α,β-unsaturated/α-hetero) is 1. The predicted molar refractivity (Wildman–Crippen MR) is 65.5 cm³/mol. The van der Waals surface area contributed by atoms with Crippen molar-refractivity contribution in [1.82, 2.24) is 4.90 Å². The first-order chi connectivity index (χ1) is 8.60.